The van der Waals surface area contributed by atoms with Crippen molar-refractivity contribution in [1.29, 1.82) is 0 Å². The Morgan fingerprint density at radius 3 is 2.11 bits per heavy atom. The second-order valence-electron chi connectivity index (χ2n) is 4.78. The summed E-state index contributed by atoms with van der Waals surface area (Å²) in [5, 5.41) is 9.10. The molecule has 1 aromatic carbocycles. The van der Waals surface area contributed by atoms with E-state index < -0.39 is 11.5 Å². The molecule has 4 heteroatoms. The molecule has 0 saturated carbocycles. The first kappa shape index (κ1) is 14.2. The van der Waals surface area contributed by atoms with Gasteiger partial charge in [-0.25, -0.2) is 4.79 Å². The van der Waals surface area contributed by atoms with Gasteiger partial charge < -0.3 is 10.0 Å². The number of aliphatic carboxylic acids is 1. The van der Waals surface area contributed by atoms with Gasteiger partial charge in [-0.15, -0.1) is 0 Å². The smallest absolute Gasteiger partial charge is 0.329 e. The van der Waals surface area contributed by atoms with Crippen LogP contribution in [0.4, 0.5) is 0 Å². The average molecular weight is 249 g/mol. The molecule has 1 amide bonds. The molecule has 0 aliphatic carbocycles. The molecule has 0 fully saturated rings. The fourth-order valence-corrected chi connectivity index (χ4v) is 1.47. The van der Waals surface area contributed by atoms with Gasteiger partial charge in [-0.3, -0.25) is 4.79 Å². The molecule has 0 bridgehead atoms. The highest BCUT2D eigenvalue weighted by atomic mass is 16.4. The van der Waals surface area contributed by atoms with Crippen LogP contribution in [-0.2, 0) is 11.2 Å². The van der Waals surface area contributed by atoms with Crippen molar-refractivity contribution in [2.24, 2.45) is 0 Å². The number of hydrogen-bond donors (Lipinski definition) is 1. The van der Waals surface area contributed by atoms with Crippen molar-refractivity contribution in [2.45, 2.75) is 32.7 Å². The molecule has 0 saturated heterocycles. The Morgan fingerprint density at radius 2 is 1.72 bits per heavy atom. The van der Waals surface area contributed by atoms with Crippen molar-refractivity contribution in [3.8, 4) is 0 Å². The first-order chi connectivity index (χ1) is 8.30. The molecule has 1 aromatic rings. The van der Waals surface area contributed by atoms with Gasteiger partial charge in [0, 0.05) is 12.6 Å². The minimum atomic E-state index is -1.22. The van der Waals surface area contributed by atoms with Crippen molar-refractivity contribution in [1.82, 2.24) is 4.90 Å². The fourth-order valence-electron chi connectivity index (χ4n) is 1.47. The van der Waals surface area contributed by atoms with Crippen molar-refractivity contribution in [3.05, 3.63) is 35.4 Å². The Labute approximate surface area is 107 Å². The first-order valence-electron chi connectivity index (χ1n) is 5.91. The lowest BCUT2D eigenvalue weighted by molar-refractivity contribution is -0.147. The molecule has 0 unspecified atom stereocenters. The molecule has 18 heavy (non-hydrogen) atoms. The third-order valence-corrected chi connectivity index (χ3v) is 3.28. The maximum Gasteiger partial charge on any atom is 0.329 e. The standard InChI is InChI=1S/C14H19NO3/c1-5-10-6-8-11(9-7-10)12(16)15(4)14(2,3)13(17)18/h6-9H,5H2,1-4H3,(H,17,18). The molecule has 0 aliphatic rings. The summed E-state index contributed by atoms with van der Waals surface area (Å²) in [5.74, 6) is -1.31. The van der Waals surface area contributed by atoms with E-state index in [1.54, 1.807) is 12.1 Å². The highest BCUT2D eigenvalue weighted by Gasteiger charge is 2.35. The predicted octanol–water partition coefficient (Wildman–Crippen LogP) is 2.18. The number of benzene rings is 1. The lowest BCUT2D eigenvalue weighted by Gasteiger charge is -2.31. The second kappa shape index (κ2) is 5.21. The number of aryl methyl sites for hydroxylation is 1. The molecule has 98 valence electrons. The third kappa shape index (κ3) is 2.70. The number of nitrogens with zero attached hydrogens (tertiary/aromatic N) is 1. The number of rotatable bonds is 4. The Hall–Kier alpha value is -1.84. The number of hydrogen-bond acceptors (Lipinski definition) is 2. The van der Waals surface area contributed by atoms with Gasteiger partial charge in [-0.1, -0.05) is 19.1 Å². The van der Waals surface area contributed by atoms with E-state index in [1.165, 1.54) is 25.8 Å². The number of carbonyl (C=O) groups is 2. The number of carboxylic acid groups (broad SMARTS) is 1. The van der Waals surface area contributed by atoms with E-state index in [0.29, 0.717) is 5.56 Å². The van der Waals surface area contributed by atoms with E-state index in [9.17, 15) is 9.59 Å². The van der Waals surface area contributed by atoms with E-state index in [2.05, 4.69) is 0 Å². The van der Waals surface area contributed by atoms with E-state index in [-0.39, 0.29) is 5.91 Å². The topological polar surface area (TPSA) is 57.6 Å². The van der Waals surface area contributed by atoms with Gasteiger partial charge in [-0.2, -0.15) is 0 Å². The molecule has 1 N–H and O–H groups in total. The predicted molar refractivity (Wildman–Crippen MR) is 69.6 cm³/mol. The van der Waals surface area contributed by atoms with Crippen LogP contribution in [0.1, 0.15) is 36.7 Å². The lowest BCUT2D eigenvalue weighted by Crippen LogP contribution is -2.50. The van der Waals surface area contributed by atoms with Crippen LogP contribution in [0, 0.1) is 0 Å². The van der Waals surface area contributed by atoms with Crippen LogP contribution in [0.25, 0.3) is 0 Å². The van der Waals surface area contributed by atoms with Crippen molar-refractivity contribution < 1.29 is 14.7 Å². The first-order valence-corrected chi connectivity index (χ1v) is 5.91. The van der Waals surface area contributed by atoms with Crippen molar-refractivity contribution in [2.75, 3.05) is 7.05 Å². The molecule has 0 aliphatic heterocycles. The molecule has 0 heterocycles. The largest absolute Gasteiger partial charge is 0.480 e. The summed E-state index contributed by atoms with van der Waals surface area (Å²) >= 11 is 0. The normalized spacial score (nSPS) is 11.1. The lowest BCUT2D eigenvalue weighted by atomic mass is 10.0. The summed E-state index contributed by atoms with van der Waals surface area (Å²) in [6.07, 6.45) is 0.908. The molecule has 0 aromatic heterocycles. The number of carbonyl (C=O) groups excluding carboxylic acids is 1. The van der Waals surface area contributed by atoms with Gasteiger partial charge in [0.25, 0.3) is 5.91 Å². The van der Waals surface area contributed by atoms with Crippen molar-refractivity contribution in [3.63, 3.8) is 0 Å². The molecule has 0 spiro atoms. The monoisotopic (exact) mass is 249 g/mol. The zero-order chi connectivity index (χ0) is 13.9. The summed E-state index contributed by atoms with van der Waals surface area (Å²) in [5.41, 5.74) is 0.427. The van der Waals surface area contributed by atoms with Crippen LogP contribution in [0.5, 0.6) is 0 Å². The van der Waals surface area contributed by atoms with Gasteiger partial charge in [-0.05, 0) is 38.0 Å². The quantitative estimate of drug-likeness (QED) is 0.889. The van der Waals surface area contributed by atoms with Gasteiger partial charge in [0.05, 0.1) is 0 Å². The Kier molecular flexibility index (Phi) is 4.11. The van der Waals surface area contributed by atoms with Crippen LogP contribution in [-0.4, -0.2) is 34.5 Å². The molecular formula is C14H19NO3. The van der Waals surface area contributed by atoms with Gasteiger partial charge in [0.15, 0.2) is 0 Å². The van der Waals surface area contributed by atoms with Crippen LogP contribution in [0.3, 0.4) is 0 Å². The van der Waals surface area contributed by atoms with Gasteiger partial charge in [0.2, 0.25) is 0 Å². The SMILES string of the molecule is CCc1ccc(C(=O)N(C)C(C)(C)C(=O)O)cc1. The Morgan fingerprint density at radius 1 is 1.22 bits per heavy atom. The van der Waals surface area contributed by atoms with Gasteiger partial charge in [0.1, 0.15) is 5.54 Å². The highest BCUT2D eigenvalue weighted by Crippen LogP contribution is 2.16. The van der Waals surface area contributed by atoms with E-state index >= 15 is 0 Å². The second-order valence-corrected chi connectivity index (χ2v) is 4.78. The summed E-state index contributed by atoms with van der Waals surface area (Å²) in [6.45, 7) is 5.05. The van der Waals surface area contributed by atoms with E-state index in [1.807, 2.05) is 19.1 Å². The molecule has 0 radical (unpaired) electrons. The number of amides is 1. The summed E-state index contributed by atoms with van der Waals surface area (Å²) in [6, 6.07) is 7.23. The van der Waals surface area contributed by atoms with Crippen molar-refractivity contribution >= 4 is 11.9 Å². The van der Waals surface area contributed by atoms with Crippen LogP contribution < -0.4 is 0 Å². The maximum atomic E-state index is 12.2. The number of likely N-dealkylation sites (N-methyl/N-ethyl adjacent to an activating group) is 1. The molecule has 4 nitrogen and oxygen atoms in total. The highest BCUT2D eigenvalue weighted by molar-refractivity contribution is 5.97. The zero-order valence-corrected chi connectivity index (χ0v) is 11.2. The summed E-state index contributed by atoms with van der Waals surface area (Å²) in [4.78, 5) is 24.5. The van der Waals surface area contributed by atoms with E-state index in [4.69, 9.17) is 5.11 Å². The Bertz CT molecular complexity index is 449. The Balaban J connectivity index is 2.96. The minimum Gasteiger partial charge on any atom is -0.480 e. The van der Waals surface area contributed by atoms with Crippen LogP contribution in [0.2, 0.25) is 0 Å². The van der Waals surface area contributed by atoms with E-state index in [0.717, 1.165) is 12.0 Å². The molecular weight excluding hydrogens is 230 g/mol. The summed E-state index contributed by atoms with van der Waals surface area (Å²) < 4.78 is 0. The summed E-state index contributed by atoms with van der Waals surface area (Å²) in [7, 11) is 1.50. The maximum absolute atomic E-state index is 12.2. The van der Waals surface area contributed by atoms with Gasteiger partial charge >= 0.3 is 5.97 Å². The molecule has 0 atom stereocenters. The fraction of sp³-hybridized carbons (Fsp3) is 0.429. The minimum absolute atomic E-state index is 0.287. The molecule has 1 rings (SSSR count). The average Bonchev–Trinajstić information content (AvgIpc) is 2.36. The zero-order valence-electron chi connectivity index (χ0n) is 11.2. The van der Waals surface area contributed by atoms with Crippen LogP contribution >= 0.6 is 0 Å². The number of carboxylic acids is 1. The van der Waals surface area contributed by atoms with Crippen LogP contribution in [0.15, 0.2) is 24.3 Å². The third-order valence-electron chi connectivity index (χ3n) is 3.28.